The molecule has 0 saturated heterocycles. The third-order valence-corrected chi connectivity index (χ3v) is 3.27. The second-order valence-corrected chi connectivity index (χ2v) is 5.23. The predicted molar refractivity (Wildman–Crippen MR) is 92.5 cm³/mol. The van der Waals surface area contributed by atoms with Crippen molar-refractivity contribution in [3.8, 4) is 0 Å². The molecule has 3 N–H and O–H groups in total. The summed E-state index contributed by atoms with van der Waals surface area (Å²) < 4.78 is 5.05. The highest BCUT2D eigenvalue weighted by Crippen LogP contribution is 2.21. The molecule has 0 unspecified atom stereocenters. The molecule has 0 fully saturated rings. The Balaban J connectivity index is 2.08. The first kappa shape index (κ1) is 16.7. The molecule has 0 saturated carbocycles. The predicted octanol–water partition coefficient (Wildman–Crippen LogP) is 3.06. The summed E-state index contributed by atoms with van der Waals surface area (Å²) in [6, 6.07) is 8.57. The second-order valence-electron chi connectivity index (χ2n) is 4.82. The van der Waals surface area contributed by atoms with Gasteiger partial charge in [-0.25, -0.2) is 0 Å². The fraction of sp³-hybridized carbons (Fsp3) is 0.188. The molecule has 1 aromatic heterocycles. The second kappa shape index (κ2) is 7.55. The van der Waals surface area contributed by atoms with E-state index in [1.54, 1.807) is 31.2 Å². The van der Waals surface area contributed by atoms with Crippen molar-refractivity contribution in [3.05, 3.63) is 47.9 Å². The van der Waals surface area contributed by atoms with E-state index < -0.39 is 0 Å². The van der Waals surface area contributed by atoms with E-state index in [1.165, 1.54) is 6.26 Å². The van der Waals surface area contributed by atoms with Crippen LogP contribution in [0.2, 0.25) is 0 Å². The van der Waals surface area contributed by atoms with Gasteiger partial charge < -0.3 is 20.4 Å². The molecule has 7 heteroatoms. The van der Waals surface area contributed by atoms with Crippen LogP contribution >= 0.6 is 12.2 Å². The lowest BCUT2D eigenvalue weighted by molar-refractivity contribution is -0.119. The zero-order chi connectivity index (χ0) is 16.8. The van der Waals surface area contributed by atoms with Crippen LogP contribution in [0, 0.1) is 6.92 Å². The summed E-state index contributed by atoms with van der Waals surface area (Å²) in [5.74, 6) is -0.278. The molecule has 0 bridgehead atoms. The Hall–Kier alpha value is -2.67. The summed E-state index contributed by atoms with van der Waals surface area (Å²) >= 11 is 5.09. The van der Waals surface area contributed by atoms with Crippen LogP contribution in [0.1, 0.15) is 29.5 Å². The van der Waals surface area contributed by atoms with E-state index in [-0.39, 0.29) is 22.7 Å². The minimum absolute atomic E-state index is 0.164. The van der Waals surface area contributed by atoms with Gasteiger partial charge in [-0.05, 0) is 49.0 Å². The van der Waals surface area contributed by atoms with Gasteiger partial charge in [0, 0.05) is 17.8 Å². The minimum atomic E-state index is -0.341. The van der Waals surface area contributed by atoms with Crippen LogP contribution in [0.4, 0.5) is 11.4 Å². The molecule has 0 aliphatic carbocycles. The number of carbonyl (C=O) groups is 2. The number of hydrogen-bond acceptors (Lipinski definition) is 4. The summed E-state index contributed by atoms with van der Waals surface area (Å²) in [5, 5.41) is 8.47. The van der Waals surface area contributed by atoms with Crippen LogP contribution < -0.4 is 16.0 Å². The SMILES string of the molecule is CCC(=O)NC(=S)Nc1cc(NC(=O)c2ccco2)ccc1C. The first-order chi connectivity index (χ1) is 11.0. The van der Waals surface area contributed by atoms with Crippen molar-refractivity contribution < 1.29 is 14.0 Å². The van der Waals surface area contributed by atoms with E-state index in [1.807, 2.05) is 13.0 Å². The van der Waals surface area contributed by atoms with E-state index in [0.29, 0.717) is 17.8 Å². The van der Waals surface area contributed by atoms with E-state index in [2.05, 4.69) is 16.0 Å². The smallest absolute Gasteiger partial charge is 0.291 e. The van der Waals surface area contributed by atoms with Crippen LogP contribution in [0.25, 0.3) is 0 Å². The van der Waals surface area contributed by atoms with Gasteiger partial charge in [0.2, 0.25) is 5.91 Å². The van der Waals surface area contributed by atoms with Gasteiger partial charge in [0.05, 0.1) is 6.26 Å². The van der Waals surface area contributed by atoms with Crippen molar-refractivity contribution >= 4 is 40.5 Å². The van der Waals surface area contributed by atoms with Crippen LogP contribution in [0.15, 0.2) is 41.0 Å². The molecule has 6 nitrogen and oxygen atoms in total. The highest BCUT2D eigenvalue weighted by Gasteiger charge is 2.10. The number of thiocarbonyl (C=S) groups is 1. The van der Waals surface area contributed by atoms with Crippen LogP contribution in [-0.4, -0.2) is 16.9 Å². The minimum Gasteiger partial charge on any atom is -0.459 e. The molecule has 0 radical (unpaired) electrons. The molecular weight excluding hydrogens is 314 g/mol. The summed E-state index contributed by atoms with van der Waals surface area (Å²) in [4.78, 5) is 23.3. The highest BCUT2D eigenvalue weighted by molar-refractivity contribution is 7.80. The number of benzene rings is 1. The van der Waals surface area contributed by atoms with Gasteiger partial charge in [0.1, 0.15) is 0 Å². The van der Waals surface area contributed by atoms with Gasteiger partial charge in [-0.2, -0.15) is 0 Å². The molecule has 0 spiro atoms. The van der Waals surface area contributed by atoms with Crippen LogP contribution in [-0.2, 0) is 4.79 Å². The standard InChI is InChI=1S/C16H17N3O3S/c1-3-14(20)19-16(23)18-12-9-11(7-6-10(12)2)17-15(21)13-5-4-8-22-13/h4-9H,3H2,1-2H3,(H,17,21)(H2,18,19,20,23). The molecule has 2 aromatic rings. The Kier molecular flexibility index (Phi) is 5.48. The number of rotatable bonds is 4. The largest absolute Gasteiger partial charge is 0.459 e. The molecule has 2 rings (SSSR count). The molecule has 2 amide bonds. The Bertz CT molecular complexity index is 726. The third kappa shape index (κ3) is 4.65. The lowest BCUT2D eigenvalue weighted by Gasteiger charge is -2.13. The maximum absolute atomic E-state index is 12.0. The van der Waals surface area contributed by atoms with Gasteiger partial charge in [-0.15, -0.1) is 0 Å². The molecule has 0 aliphatic heterocycles. The van der Waals surface area contributed by atoms with Crippen LogP contribution in [0.5, 0.6) is 0 Å². The number of aryl methyl sites for hydroxylation is 1. The zero-order valence-electron chi connectivity index (χ0n) is 12.8. The van der Waals surface area contributed by atoms with E-state index in [9.17, 15) is 9.59 Å². The van der Waals surface area contributed by atoms with Crippen molar-refractivity contribution in [2.75, 3.05) is 10.6 Å². The lowest BCUT2D eigenvalue weighted by atomic mass is 10.2. The molecule has 23 heavy (non-hydrogen) atoms. The Morgan fingerprint density at radius 3 is 2.65 bits per heavy atom. The average molecular weight is 331 g/mol. The topological polar surface area (TPSA) is 83.4 Å². The van der Waals surface area contributed by atoms with Crippen LogP contribution in [0.3, 0.4) is 0 Å². The Labute approximate surface area is 139 Å². The lowest BCUT2D eigenvalue weighted by Crippen LogP contribution is -2.33. The van der Waals surface area contributed by atoms with Crippen molar-refractivity contribution in [2.24, 2.45) is 0 Å². The number of furan rings is 1. The van der Waals surface area contributed by atoms with Gasteiger partial charge in [-0.1, -0.05) is 13.0 Å². The van der Waals surface area contributed by atoms with E-state index in [0.717, 1.165) is 5.56 Å². The molecule has 0 atom stereocenters. The maximum Gasteiger partial charge on any atom is 0.291 e. The molecule has 120 valence electrons. The number of nitrogens with one attached hydrogen (secondary N) is 3. The fourth-order valence-corrected chi connectivity index (χ4v) is 2.03. The quantitative estimate of drug-likeness (QED) is 0.750. The molecule has 0 aliphatic rings. The summed E-state index contributed by atoms with van der Waals surface area (Å²) in [6.45, 7) is 3.64. The van der Waals surface area contributed by atoms with Gasteiger partial charge in [0.25, 0.3) is 5.91 Å². The monoisotopic (exact) mass is 331 g/mol. The number of amides is 2. The van der Waals surface area contributed by atoms with Crippen molar-refractivity contribution in [3.63, 3.8) is 0 Å². The first-order valence-electron chi connectivity index (χ1n) is 7.06. The Morgan fingerprint density at radius 1 is 1.22 bits per heavy atom. The van der Waals surface area contributed by atoms with Gasteiger partial charge >= 0.3 is 0 Å². The van der Waals surface area contributed by atoms with Crippen molar-refractivity contribution in [1.82, 2.24) is 5.32 Å². The summed E-state index contributed by atoms with van der Waals surface area (Å²) in [5.41, 5.74) is 2.21. The molecule has 1 aromatic carbocycles. The van der Waals surface area contributed by atoms with E-state index in [4.69, 9.17) is 16.6 Å². The van der Waals surface area contributed by atoms with Gasteiger partial charge in [0.15, 0.2) is 10.9 Å². The van der Waals surface area contributed by atoms with Crippen molar-refractivity contribution in [2.45, 2.75) is 20.3 Å². The zero-order valence-corrected chi connectivity index (χ0v) is 13.6. The number of anilines is 2. The maximum atomic E-state index is 12.0. The normalized spacial score (nSPS) is 10.0. The highest BCUT2D eigenvalue weighted by atomic mass is 32.1. The summed E-state index contributed by atoms with van der Waals surface area (Å²) in [6.07, 6.45) is 1.78. The summed E-state index contributed by atoms with van der Waals surface area (Å²) in [7, 11) is 0. The first-order valence-corrected chi connectivity index (χ1v) is 7.46. The van der Waals surface area contributed by atoms with Crippen molar-refractivity contribution in [1.29, 1.82) is 0 Å². The Morgan fingerprint density at radius 2 is 2.00 bits per heavy atom. The average Bonchev–Trinajstić information content (AvgIpc) is 3.04. The fourth-order valence-electron chi connectivity index (χ4n) is 1.80. The molecular formula is C16H17N3O3S. The third-order valence-electron chi connectivity index (χ3n) is 3.06. The number of carbonyl (C=O) groups excluding carboxylic acids is 2. The van der Waals surface area contributed by atoms with E-state index >= 15 is 0 Å². The van der Waals surface area contributed by atoms with Gasteiger partial charge in [-0.3, -0.25) is 9.59 Å². The molecule has 1 heterocycles. The number of hydrogen-bond donors (Lipinski definition) is 3.